The van der Waals surface area contributed by atoms with E-state index in [0.29, 0.717) is 5.96 Å². The van der Waals surface area contributed by atoms with Crippen LogP contribution in [0.3, 0.4) is 0 Å². The lowest BCUT2D eigenvalue weighted by Gasteiger charge is -2.17. The second-order valence-electron chi connectivity index (χ2n) is 5.04. The predicted octanol–water partition coefficient (Wildman–Crippen LogP) is 2.11. The van der Waals surface area contributed by atoms with Crippen molar-refractivity contribution >= 4 is 53.3 Å². The molecular formula is C16H25IN4OS. The van der Waals surface area contributed by atoms with Crippen LogP contribution < -0.4 is 15.5 Å². The van der Waals surface area contributed by atoms with Crippen molar-refractivity contribution in [1.82, 2.24) is 10.6 Å². The highest BCUT2D eigenvalue weighted by Crippen LogP contribution is 2.27. The lowest BCUT2D eigenvalue weighted by atomic mass is 10.2. The fourth-order valence-electron chi connectivity index (χ4n) is 2.44. The molecule has 0 saturated carbocycles. The van der Waals surface area contributed by atoms with Crippen molar-refractivity contribution in [3.63, 3.8) is 0 Å². The first-order chi connectivity index (χ1) is 10.8. The number of thioether (sulfide) groups is 1. The van der Waals surface area contributed by atoms with Gasteiger partial charge in [0.1, 0.15) is 6.54 Å². The average Bonchev–Trinajstić information content (AvgIpc) is 2.96. The summed E-state index contributed by atoms with van der Waals surface area (Å²) in [6.45, 7) is 4.57. The molecule has 0 atom stereocenters. The number of aliphatic imine (C=N–C) groups is 1. The quantitative estimate of drug-likeness (QED) is 0.303. The molecule has 0 radical (unpaired) electrons. The number of fused-ring (bicyclic) bond motifs is 1. The summed E-state index contributed by atoms with van der Waals surface area (Å²) in [5.74, 6) is 1.77. The molecule has 5 nitrogen and oxygen atoms in total. The van der Waals surface area contributed by atoms with Crippen molar-refractivity contribution in [2.24, 2.45) is 4.99 Å². The molecule has 1 aliphatic rings. The summed E-state index contributed by atoms with van der Waals surface area (Å²) in [4.78, 5) is 18.6. The van der Waals surface area contributed by atoms with Crippen LogP contribution in [-0.2, 0) is 11.2 Å². The first-order valence-electron chi connectivity index (χ1n) is 7.65. The van der Waals surface area contributed by atoms with Crippen molar-refractivity contribution < 1.29 is 4.79 Å². The van der Waals surface area contributed by atoms with Gasteiger partial charge in [-0.3, -0.25) is 4.79 Å². The van der Waals surface area contributed by atoms with E-state index >= 15 is 0 Å². The number of carbonyl (C=O) groups excluding carboxylic acids is 1. The van der Waals surface area contributed by atoms with Crippen LogP contribution in [0.1, 0.15) is 12.5 Å². The zero-order valence-electron chi connectivity index (χ0n) is 13.7. The topological polar surface area (TPSA) is 56.7 Å². The second-order valence-corrected chi connectivity index (χ2v) is 6.02. The molecule has 0 saturated heterocycles. The number of para-hydroxylation sites is 1. The lowest BCUT2D eigenvalue weighted by molar-refractivity contribution is -0.117. The number of hydrogen-bond donors (Lipinski definition) is 2. The fraction of sp³-hybridized carbons (Fsp3) is 0.500. The molecule has 0 bridgehead atoms. The first kappa shape index (κ1) is 20.1. The molecule has 1 heterocycles. The Morgan fingerprint density at radius 2 is 2.13 bits per heavy atom. The maximum atomic E-state index is 12.4. The van der Waals surface area contributed by atoms with Crippen molar-refractivity contribution in [2.75, 3.05) is 43.1 Å². The summed E-state index contributed by atoms with van der Waals surface area (Å²) in [5, 5.41) is 6.40. The van der Waals surface area contributed by atoms with E-state index in [1.54, 1.807) is 11.8 Å². The van der Waals surface area contributed by atoms with Gasteiger partial charge in [-0.15, -0.1) is 24.0 Å². The van der Waals surface area contributed by atoms with E-state index in [2.05, 4.69) is 27.9 Å². The van der Waals surface area contributed by atoms with Crippen molar-refractivity contribution in [3.8, 4) is 0 Å². The third-order valence-electron chi connectivity index (χ3n) is 3.50. The first-order valence-corrected chi connectivity index (χ1v) is 9.05. The second kappa shape index (κ2) is 10.7. The number of carbonyl (C=O) groups is 1. The highest BCUT2D eigenvalue weighted by Gasteiger charge is 2.23. The van der Waals surface area contributed by atoms with Crippen molar-refractivity contribution in [3.05, 3.63) is 29.8 Å². The predicted molar refractivity (Wildman–Crippen MR) is 110 cm³/mol. The van der Waals surface area contributed by atoms with E-state index in [0.717, 1.165) is 37.5 Å². The Morgan fingerprint density at radius 1 is 1.35 bits per heavy atom. The van der Waals surface area contributed by atoms with Gasteiger partial charge in [-0.25, -0.2) is 4.99 Å². The molecule has 128 valence electrons. The van der Waals surface area contributed by atoms with Crippen LogP contribution >= 0.6 is 35.7 Å². The Bertz CT molecular complexity index is 539. The van der Waals surface area contributed by atoms with Crippen LogP contribution in [0.25, 0.3) is 0 Å². The zero-order valence-corrected chi connectivity index (χ0v) is 16.8. The van der Waals surface area contributed by atoms with Crippen LogP contribution in [0.2, 0.25) is 0 Å². The van der Waals surface area contributed by atoms with Gasteiger partial charge in [-0.2, -0.15) is 11.8 Å². The Morgan fingerprint density at radius 3 is 2.87 bits per heavy atom. The molecule has 2 rings (SSSR count). The standard InChI is InChI=1S/C16H24N4OS.HI/c1-3-17-16(18-9-11-22-2)19-12-15(21)20-10-8-13-6-4-5-7-14(13)20;/h4-7H,3,8-12H2,1-2H3,(H2,17,18,19);1H. The van der Waals surface area contributed by atoms with Gasteiger partial charge in [0.15, 0.2) is 5.96 Å². The molecule has 0 aliphatic carbocycles. The van der Waals surface area contributed by atoms with E-state index in [1.165, 1.54) is 5.56 Å². The van der Waals surface area contributed by atoms with Crippen molar-refractivity contribution in [2.45, 2.75) is 13.3 Å². The zero-order chi connectivity index (χ0) is 15.8. The molecule has 0 fully saturated rings. The fourth-order valence-corrected chi connectivity index (χ4v) is 2.75. The van der Waals surface area contributed by atoms with E-state index in [4.69, 9.17) is 0 Å². The Labute approximate surface area is 159 Å². The summed E-state index contributed by atoms with van der Waals surface area (Å²) in [6.07, 6.45) is 3.00. The lowest BCUT2D eigenvalue weighted by Crippen LogP contribution is -2.40. The Kier molecular flexibility index (Phi) is 9.39. The van der Waals surface area contributed by atoms with Gasteiger partial charge in [0.2, 0.25) is 5.91 Å². The van der Waals surface area contributed by atoms with Crippen LogP contribution in [-0.4, -0.2) is 50.1 Å². The summed E-state index contributed by atoms with van der Waals surface area (Å²) in [5.41, 5.74) is 2.27. The highest BCUT2D eigenvalue weighted by atomic mass is 127. The van der Waals surface area contributed by atoms with Gasteiger partial charge in [0.05, 0.1) is 0 Å². The van der Waals surface area contributed by atoms with E-state index in [-0.39, 0.29) is 36.4 Å². The number of hydrogen-bond acceptors (Lipinski definition) is 3. The van der Waals surface area contributed by atoms with Gasteiger partial charge in [0, 0.05) is 31.1 Å². The minimum Gasteiger partial charge on any atom is -0.357 e. The molecule has 0 unspecified atom stereocenters. The van der Waals surface area contributed by atoms with Crippen LogP contribution in [0.4, 0.5) is 5.69 Å². The highest BCUT2D eigenvalue weighted by molar-refractivity contribution is 14.0. The molecule has 2 N–H and O–H groups in total. The molecule has 23 heavy (non-hydrogen) atoms. The molecule has 0 spiro atoms. The normalized spacial score (nSPS) is 13.3. The summed E-state index contributed by atoms with van der Waals surface area (Å²) >= 11 is 1.78. The molecule has 1 aromatic rings. The third kappa shape index (κ3) is 5.87. The van der Waals surface area contributed by atoms with Crippen molar-refractivity contribution in [1.29, 1.82) is 0 Å². The Hall–Kier alpha value is -0.960. The number of nitrogens with zero attached hydrogens (tertiary/aromatic N) is 2. The summed E-state index contributed by atoms with van der Waals surface area (Å²) in [7, 11) is 0. The van der Waals surface area contributed by atoms with Gasteiger partial charge in [0.25, 0.3) is 0 Å². The van der Waals surface area contributed by atoms with Gasteiger partial charge >= 0.3 is 0 Å². The van der Waals surface area contributed by atoms with E-state index < -0.39 is 0 Å². The van der Waals surface area contributed by atoms with Gasteiger partial charge in [-0.05, 0) is 31.2 Å². The molecule has 1 aliphatic heterocycles. The molecule has 1 amide bonds. The van der Waals surface area contributed by atoms with Crippen LogP contribution in [0.15, 0.2) is 29.3 Å². The number of halogens is 1. The van der Waals surface area contributed by atoms with E-state index in [9.17, 15) is 4.79 Å². The molecular weight excluding hydrogens is 423 g/mol. The number of benzene rings is 1. The van der Waals surface area contributed by atoms with Gasteiger partial charge < -0.3 is 15.5 Å². The summed E-state index contributed by atoms with van der Waals surface area (Å²) in [6, 6.07) is 8.08. The number of guanidine groups is 1. The molecule has 0 aromatic heterocycles. The van der Waals surface area contributed by atoms with Crippen LogP contribution in [0, 0.1) is 0 Å². The maximum absolute atomic E-state index is 12.4. The maximum Gasteiger partial charge on any atom is 0.248 e. The number of nitrogens with one attached hydrogen (secondary N) is 2. The minimum absolute atomic E-state index is 0. The Balaban J connectivity index is 0.00000264. The number of anilines is 1. The van der Waals surface area contributed by atoms with Gasteiger partial charge in [-0.1, -0.05) is 18.2 Å². The average molecular weight is 448 g/mol. The number of rotatable bonds is 6. The SMILES string of the molecule is CCNC(=NCC(=O)N1CCc2ccccc21)NCCSC.I. The van der Waals surface area contributed by atoms with E-state index in [1.807, 2.05) is 30.0 Å². The molecule has 7 heteroatoms. The third-order valence-corrected chi connectivity index (χ3v) is 4.12. The summed E-state index contributed by atoms with van der Waals surface area (Å²) < 4.78 is 0. The van der Waals surface area contributed by atoms with Crippen LogP contribution in [0.5, 0.6) is 0 Å². The smallest absolute Gasteiger partial charge is 0.248 e. The number of amides is 1. The monoisotopic (exact) mass is 448 g/mol. The minimum atomic E-state index is 0. The molecule has 1 aromatic carbocycles. The largest absolute Gasteiger partial charge is 0.357 e.